The topological polar surface area (TPSA) is 95.7 Å². The molecular formula is C32H37NO6. The first kappa shape index (κ1) is 27.1. The third-order valence-electron chi connectivity index (χ3n) is 8.51. The van der Waals surface area contributed by atoms with Gasteiger partial charge in [-0.15, -0.1) is 0 Å². The van der Waals surface area contributed by atoms with Gasteiger partial charge in [-0.25, -0.2) is 0 Å². The molecule has 0 bridgehead atoms. The smallest absolute Gasteiger partial charge is 0.311 e. The average Bonchev–Trinajstić information content (AvgIpc) is 2.97. The van der Waals surface area contributed by atoms with Crippen molar-refractivity contribution in [2.45, 2.75) is 89.9 Å². The molecule has 7 heteroatoms. The molecule has 0 radical (unpaired) electrons. The van der Waals surface area contributed by atoms with Crippen molar-refractivity contribution in [2.75, 3.05) is 0 Å². The van der Waals surface area contributed by atoms with Gasteiger partial charge in [0.1, 0.15) is 11.5 Å². The van der Waals surface area contributed by atoms with Crippen molar-refractivity contribution in [3.05, 3.63) is 52.6 Å². The molecule has 0 aliphatic heterocycles. The van der Waals surface area contributed by atoms with E-state index in [4.69, 9.17) is 9.47 Å². The first-order valence-corrected chi connectivity index (χ1v) is 14.5. The molecule has 2 saturated carbocycles. The monoisotopic (exact) mass is 531 g/mol. The lowest BCUT2D eigenvalue weighted by Crippen LogP contribution is -2.14. The van der Waals surface area contributed by atoms with E-state index in [9.17, 15) is 19.7 Å². The zero-order valence-corrected chi connectivity index (χ0v) is 22.5. The van der Waals surface area contributed by atoms with Gasteiger partial charge in [0.2, 0.25) is 0 Å². The summed E-state index contributed by atoms with van der Waals surface area (Å²) in [5.41, 5.74) is -0.119. The molecule has 2 fully saturated rings. The summed E-state index contributed by atoms with van der Waals surface area (Å²) in [6.07, 6.45) is 14.2. The van der Waals surface area contributed by atoms with Crippen molar-refractivity contribution in [3.63, 3.8) is 0 Å². The highest BCUT2D eigenvalue weighted by molar-refractivity contribution is 6.13. The molecule has 0 saturated heterocycles. The summed E-state index contributed by atoms with van der Waals surface area (Å²) < 4.78 is 11.9. The normalized spacial score (nSPS) is 16.8. The molecule has 0 N–H and O–H groups in total. The second-order valence-corrected chi connectivity index (χ2v) is 11.2. The molecule has 7 nitrogen and oxygen atoms in total. The van der Waals surface area contributed by atoms with Gasteiger partial charge in [0, 0.05) is 46.5 Å². The molecule has 0 unspecified atom stereocenters. The summed E-state index contributed by atoms with van der Waals surface area (Å²) in [6, 6.07) is 11.7. The quantitative estimate of drug-likeness (QED) is 0.0904. The van der Waals surface area contributed by atoms with Crippen LogP contribution in [0.2, 0.25) is 0 Å². The SMILES string of the molecule is O=C(CCC1CCCCC1)Oc1c2ccccc2c(OC(=O)CCC2CCCCC2)c2cc([N+](=O)[O-])ccc12. The Balaban J connectivity index is 1.46. The lowest BCUT2D eigenvalue weighted by molar-refractivity contribution is -0.384. The van der Waals surface area contributed by atoms with Gasteiger partial charge in [0.15, 0.2) is 0 Å². The number of benzene rings is 3. The molecule has 2 aliphatic carbocycles. The third kappa shape index (κ3) is 6.57. The van der Waals surface area contributed by atoms with E-state index in [0.29, 0.717) is 52.0 Å². The number of fused-ring (bicyclic) bond motifs is 2. The number of nitro groups is 1. The Bertz CT molecular complexity index is 1350. The summed E-state index contributed by atoms with van der Waals surface area (Å²) in [7, 11) is 0. The van der Waals surface area contributed by atoms with Gasteiger partial charge < -0.3 is 9.47 Å². The van der Waals surface area contributed by atoms with E-state index in [-0.39, 0.29) is 23.4 Å². The summed E-state index contributed by atoms with van der Waals surface area (Å²) in [6.45, 7) is 0. The molecule has 0 atom stereocenters. The molecule has 5 rings (SSSR count). The lowest BCUT2D eigenvalue weighted by Gasteiger charge is -2.21. The van der Waals surface area contributed by atoms with E-state index in [0.717, 1.165) is 38.5 Å². The van der Waals surface area contributed by atoms with E-state index in [1.807, 2.05) is 18.2 Å². The Labute approximate surface area is 229 Å². The molecule has 0 aromatic heterocycles. The maximum absolute atomic E-state index is 13.0. The van der Waals surface area contributed by atoms with Crippen LogP contribution in [0.25, 0.3) is 21.5 Å². The number of rotatable bonds is 9. The zero-order chi connectivity index (χ0) is 27.2. The van der Waals surface area contributed by atoms with E-state index in [1.165, 1.54) is 50.7 Å². The molecule has 2 aliphatic rings. The largest absolute Gasteiger partial charge is 0.425 e. The number of nitrogens with zero attached hydrogens (tertiary/aromatic N) is 1. The number of carbonyl (C=O) groups is 2. The standard InChI is InChI=1S/C32H37NO6/c34-29(19-15-22-9-3-1-4-10-22)38-31-25-13-7-8-14-26(25)32(28-21-24(33(36)37)17-18-27(28)31)39-30(35)20-16-23-11-5-2-6-12-23/h7-8,13-14,17-18,21-23H,1-6,9-12,15-16,19-20H2. The Morgan fingerprint density at radius 1 is 0.692 bits per heavy atom. The summed E-state index contributed by atoms with van der Waals surface area (Å²) >= 11 is 0. The van der Waals surface area contributed by atoms with Crippen LogP contribution in [0.1, 0.15) is 89.9 Å². The van der Waals surface area contributed by atoms with Gasteiger partial charge in [0.25, 0.3) is 5.69 Å². The molecule has 206 valence electrons. The van der Waals surface area contributed by atoms with Crippen LogP contribution < -0.4 is 9.47 Å². The van der Waals surface area contributed by atoms with Crippen molar-refractivity contribution >= 4 is 39.2 Å². The molecule has 3 aromatic rings. The van der Waals surface area contributed by atoms with Gasteiger partial charge >= 0.3 is 11.9 Å². The van der Waals surface area contributed by atoms with Crippen LogP contribution in [0.5, 0.6) is 11.5 Å². The number of hydrogen-bond donors (Lipinski definition) is 0. The zero-order valence-electron chi connectivity index (χ0n) is 22.5. The fraction of sp³-hybridized carbons (Fsp3) is 0.500. The van der Waals surface area contributed by atoms with Crippen molar-refractivity contribution < 1.29 is 24.0 Å². The number of ether oxygens (including phenoxy) is 2. The van der Waals surface area contributed by atoms with Gasteiger partial charge in [-0.3, -0.25) is 19.7 Å². The van der Waals surface area contributed by atoms with Gasteiger partial charge in [-0.1, -0.05) is 88.5 Å². The van der Waals surface area contributed by atoms with Crippen molar-refractivity contribution in [3.8, 4) is 11.5 Å². The van der Waals surface area contributed by atoms with Gasteiger partial charge in [0.05, 0.1) is 4.92 Å². The number of non-ortho nitro benzene ring substituents is 1. The van der Waals surface area contributed by atoms with Crippen LogP contribution in [0.4, 0.5) is 5.69 Å². The molecule has 0 amide bonds. The Morgan fingerprint density at radius 2 is 1.15 bits per heavy atom. The second-order valence-electron chi connectivity index (χ2n) is 11.2. The van der Waals surface area contributed by atoms with Crippen molar-refractivity contribution in [1.82, 2.24) is 0 Å². The van der Waals surface area contributed by atoms with Crippen molar-refractivity contribution in [2.24, 2.45) is 11.8 Å². The van der Waals surface area contributed by atoms with Crippen LogP contribution in [0.3, 0.4) is 0 Å². The number of esters is 2. The summed E-state index contributed by atoms with van der Waals surface area (Å²) in [5.74, 6) is 1.05. The minimum absolute atomic E-state index is 0.119. The summed E-state index contributed by atoms with van der Waals surface area (Å²) in [5, 5.41) is 13.8. The Kier molecular flexibility index (Phi) is 8.74. The van der Waals surface area contributed by atoms with Crippen LogP contribution in [0.15, 0.2) is 42.5 Å². The second kappa shape index (κ2) is 12.6. The number of hydrogen-bond acceptors (Lipinski definition) is 6. The number of carbonyl (C=O) groups excluding carboxylic acids is 2. The van der Waals surface area contributed by atoms with Crippen LogP contribution in [-0.2, 0) is 9.59 Å². The minimum Gasteiger partial charge on any atom is -0.425 e. The molecule has 39 heavy (non-hydrogen) atoms. The van der Waals surface area contributed by atoms with E-state index in [2.05, 4.69) is 0 Å². The lowest BCUT2D eigenvalue weighted by atomic mass is 9.86. The molecule has 3 aromatic carbocycles. The maximum Gasteiger partial charge on any atom is 0.311 e. The van der Waals surface area contributed by atoms with E-state index in [1.54, 1.807) is 12.1 Å². The highest BCUT2D eigenvalue weighted by Gasteiger charge is 2.24. The van der Waals surface area contributed by atoms with Crippen LogP contribution in [0, 0.1) is 22.0 Å². The fourth-order valence-electron chi connectivity index (χ4n) is 6.35. The number of nitro benzene ring substituents is 1. The van der Waals surface area contributed by atoms with Crippen LogP contribution >= 0.6 is 0 Å². The van der Waals surface area contributed by atoms with E-state index >= 15 is 0 Å². The first-order valence-electron chi connectivity index (χ1n) is 14.5. The molecule has 0 heterocycles. The highest BCUT2D eigenvalue weighted by atomic mass is 16.6. The Morgan fingerprint density at radius 3 is 1.64 bits per heavy atom. The molecule has 0 spiro atoms. The van der Waals surface area contributed by atoms with E-state index < -0.39 is 4.92 Å². The van der Waals surface area contributed by atoms with Crippen molar-refractivity contribution in [1.29, 1.82) is 0 Å². The molecular weight excluding hydrogens is 494 g/mol. The third-order valence-corrected chi connectivity index (χ3v) is 8.51. The van der Waals surface area contributed by atoms with Gasteiger partial charge in [-0.2, -0.15) is 0 Å². The van der Waals surface area contributed by atoms with Crippen LogP contribution in [-0.4, -0.2) is 16.9 Å². The maximum atomic E-state index is 13.0. The first-order chi connectivity index (χ1) is 19.0. The predicted molar refractivity (Wildman–Crippen MR) is 151 cm³/mol. The average molecular weight is 532 g/mol. The van der Waals surface area contributed by atoms with Gasteiger partial charge in [-0.05, 0) is 30.7 Å². The highest BCUT2D eigenvalue weighted by Crippen LogP contribution is 2.44. The summed E-state index contributed by atoms with van der Waals surface area (Å²) in [4.78, 5) is 37.2. The Hall–Kier alpha value is -3.48. The predicted octanol–water partition coefficient (Wildman–Crippen LogP) is 8.43. The minimum atomic E-state index is -0.473. The fourth-order valence-corrected chi connectivity index (χ4v) is 6.35.